The van der Waals surface area contributed by atoms with E-state index >= 15 is 0 Å². The Labute approximate surface area is 169 Å². The Morgan fingerprint density at radius 3 is 2.79 bits per heavy atom. The Balaban J connectivity index is 1.54. The van der Waals surface area contributed by atoms with Crippen LogP contribution in [0.3, 0.4) is 0 Å². The summed E-state index contributed by atoms with van der Waals surface area (Å²) in [5, 5.41) is 2.64. The predicted molar refractivity (Wildman–Crippen MR) is 105 cm³/mol. The quantitative estimate of drug-likeness (QED) is 0.754. The van der Waals surface area contributed by atoms with Crippen LogP contribution in [0.2, 0.25) is 0 Å². The molecule has 154 valence electrons. The van der Waals surface area contributed by atoms with Gasteiger partial charge in [-0.25, -0.2) is 4.79 Å². The molecule has 2 amide bonds. The van der Waals surface area contributed by atoms with Crippen molar-refractivity contribution in [3.05, 3.63) is 24.2 Å². The van der Waals surface area contributed by atoms with E-state index in [1.807, 2.05) is 0 Å². The maximum atomic E-state index is 12.5. The van der Waals surface area contributed by atoms with Crippen molar-refractivity contribution in [1.82, 2.24) is 10.2 Å². The Bertz CT molecular complexity index is 707. The molecule has 8 heteroatoms. The Morgan fingerprint density at radius 1 is 1.32 bits per heavy atom. The zero-order valence-corrected chi connectivity index (χ0v) is 17.4. The molecule has 0 spiro atoms. The number of ether oxygens (including phenoxy) is 1. The van der Waals surface area contributed by atoms with Crippen LogP contribution in [-0.2, 0) is 19.1 Å². The number of thioether (sulfide) groups is 1. The lowest BCUT2D eigenvalue weighted by molar-refractivity contribution is -0.156. The molecule has 7 nitrogen and oxygen atoms in total. The second-order valence-electron chi connectivity index (χ2n) is 7.69. The normalized spacial score (nSPS) is 30.1. The molecule has 5 atom stereocenters. The summed E-state index contributed by atoms with van der Waals surface area (Å²) in [6.07, 6.45) is 4.77. The first-order chi connectivity index (χ1) is 13.4. The molecule has 1 N–H and O–H groups in total. The minimum Gasteiger partial charge on any atom is -0.466 e. The number of amides is 2. The van der Waals surface area contributed by atoms with Crippen LogP contribution >= 0.6 is 11.8 Å². The first kappa shape index (κ1) is 20.8. The molecule has 0 aromatic carbocycles. The first-order valence-electron chi connectivity index (χ1n) is 9.78. The van der Waals surface area contributed by atoms with Gasteiger partial charge < -0.3 is 19.4 Å². The summed E-state index contributed by atoms with van der Waals surface area (Å²) in [4.78, 5) is 38.4. The van der Waals surface area contributed by atoms with Gasteiger partial charge in [0.05, 0.1) is 6.26 Å². The molecule has 2 fully saturated rings. The number of hydrogen-bond donors (Lipinski definition) is 1. The third-order valence-corrected chi connectivity index (χ3v) is 7.10. The van der Waals surface area contributed by atoms with E-state index in [0.29, 0.717) is 23.3 Å². The smallest absolute Gasteiger partial charge is 0.330 e. The average Bonchev–Trinajstić information content (AvgIpc) is 3.32. The van der Waals surface area contributed by atoms with E-state index in [4.69, 9.17) is 9.15 Å². The topological polar surface area (TPSA) is 88.8 Å². The fraction of sp³-hybridized carbons (Fsp3) is 0.650. The van der Waals surface area contributed by atoms with Crippen molar-refractivity contribution in [3.8, 4) is 0 Å². The lowest BCUT2D eigenvalue weighted by atomic mass is 9.78. The van der Waals surface area contributed by atoms with Crippen molar-refractivity contribution in [3.63, 3.8) is 0 Å². The SMILES string of the molecule is CC(=O)N1[C@@H](c2ccco2)SC[C@H]1C(=O)OCC(=O)N[C@H]1CCC[C@@H](C)[C@H]1C. The molecule has 3 rings (SSSR count). The summed E-state index contributed by atoms with van der Waals surface area (Å²) < 4.78 is 10.6. The highest BCUT2D eigenvalue weighted by molar-refractivity contribution is 7.99. The molecule has 1 aromatic heterocycles. The van der Waals surface area contributed by atoms with Crippen LogP contribution in [0.5, 0.6) is 0 Å². The van der Waals surface area contributed by atoms with Gasteiger partial charge in [-0.2, -0.15) is 0 Å². The summed E-state index contributed by atoms with van der Waals surface area (Å²) in [5.74, 6) is 0.916. The molecule has 1 saturated carbocycles. The van der Waals surface area contributed by atoms with E-state index in [-0.39, 0.29) is 29.8 Å². The summed E-state index contributed by atoms with van der Waals surface area (Å²) in [5.41, 5.74) is 0. The van der Waals surface area contributed by atoms with Crippen molar-refractivity contribution in [2.75, 3.05) is 12.4 Å². The van der Waals surface area contributed by atoms with Gasteiger partial charge in [-0.05, 0) is 30.4 Å². The van der Waals surface area contributed by atoms with Gasteiger partial charge in [0, 0.05) is 18.7 Å². The second-order valence-corrected chi connectivity index (χ2v) is 8.81. The van der Waals surface area contributed by atoms with Crippen LogP contribution in [0.4, 0.5) is 0 Å². The summed E-state index contributed by atoms with van der Waals surface area (Å²) >= 11 is 1.45. The van der Waals surface area contributed by atoms with Crippen molar-refractivity contribution in [2.45, 2.75) is 57.5 Å². The lowest BCUT2D eigenvalue weighted by Crippen LogP contribution is -2.46. The van der Waals surface area contributed by atoms with Gasteiger partial charge in [-0.15, -0.1) is 11.8 Å². The van der Waals surface area contributed by atoms with Crippen LogP contribution in [-0.4, -0.2) is 47.1 Å². The number of nitrogens with one attached hydrogen (secondary N) is 1. The number of hydrogen-bond acceptors (Lipinski definition) is 6. The van der Waals surface area contributed by atoms with Crippen molar-refractivity contribution < 1.29 is 23.5 Å². The van der Waals surface area contributed by atoms with Gasteiger partial charge in [-0.1, -0.05) is 26.7 Å². The summed E-state index contributed by atoms with van der Waals surface area (Å²) in [6, 6.07) is 2.92. The number of nitrogens with zero attached hydrogens (tertiary/aromatic N) is 1. The van der Waals surface area contributed by atoms with Gasteiger partial charge >= 0.3 is 5.97 Å². The van der Waals surface area contributed by atoms with E-state index < -0.39 is 12.0 Å². The monoisotopic (exact) mass is 408 g/mol. The molecule has 0 unspecified atom stereocenters. The van der Waals surface area contributed by atoms with Crippen LogP contribution in [0.15, 0.2) is 22.8 Å². The number of esters is 1. The molecule has 28 heavy (non-hydrogen) atoms. The molecule has 1 saturated heterocycles. The van der Waals surface area contributed by atoms with E-state index in [9.17, 15) is 14.4 Å². The summed E-state index contributed by atoms with van der Waals surface area (Å²) in [6.45, 7) is 5.44. The van der Waals surface area contributed by atoms with Crippen LogP contribution < -0.4 is 5.32 Å². The fourth-order valence-corrected chi connectivity index (χ4v) is 5.41. The number of furan rings is 1. The minimum absolute atomic E-state index is 0.119. The minimum atomic E-state index is -0.723. The molecular formula is C20H28N2O5S. The van der Waals surface area contributed by atoms with Gasteiger partial charge in [-0.3, -0.25) is 9.59 Å². The Kier molecular flexibility index (Phi) is 6.69. The number of carbonyl (C=O) groups excluding carboxylic acids is 3. The van der Waals surface area contributed by atoms with Gasteiger partial charge in [0.25, 0.3) is 5.91 Å². The van der Waals surface area contributed by atoms with E-state index in [2.05, 4.69) is 19.2 Å². The zero-order valence-electron chi connectivity index (χ0n) is 16.6. The molecule has 1 aliphatic heterocycles. The fourth-order valence-electron chi connectivity index (χ4n) is 3.99. The molecule has 0 radical (unpaired) electrons. The van der Waals surface area contributed by atoms with Crippen LogP contribution in [0, 0.1) is 11.8 Å². The summed E-state index contributed by atoms with van der Waals surface area (Å²) in [7, 11) is 0. The molecule has 0 bridgehead atoms. The van der Waals surface area contributed by atoms with Gasteiger partial charge in [0.2, 0.25) is 5.91 Å². The number of carbonyl (C=O) groups is 3. The standard InChI is InChI=1S/C20H28N2O5S/c1-12-6-4-7-15(13(12)2)21-18(24)10-27-20(25)16-11-28-19(22(16)14(3)23)17-8-5-9-26-17/h5,8-9,12-13,15-16,19H,4,6-7,10-11H2,1-3H3,(H,21,24)/t12-,13-,15+,16+,19-/m1/s1. The van der Waals surface area contributed by atoms with E-state index in [1.165, 1.54) is 36.3 Å². The van der Waals surface area contributed by atoms with Crippen LogP contribution in [0.1, 0.15) is 51.2 Å². The highest BCUT2D eigenvalue weighted by Crippen LogP contribution is 2.41. The Hall–Kier alpha value is -1.96. The zero-order chi connectivity index (χ0) is 20.3. The van der Waals surface area contributed by atoms with Crippen LogP contribution in [0.25, 0.3) is 0 Å². The largest absolute Gasteiger partial charge is 0.466 e. The Morgan fingerprint density at radius 2 is 2.11 bits per heavy atom. The number of rotatable bonds is 5. The molecular weight excluding hydrogens is 380 g/mol. The van der Waals surface area contributed by atoms with E-state index in [1.54, 1.807) is 12.1 Å². The second kappa shape index (κ2) is 9.03. The van der Waals surface area contributed by atoms with Crippen molar-refractivity contribution in [2.24, 2.45) is 11.8 Å². The van der Waals surface area contributed by atoms with Gasteiger partial charge in [0.1, 0.15) is 17.2 Å². The lowest BCUT2D eigenvalue weighted by Gasteiger charge is -2.34. The maximum absolute atomic E-state index is 12.5. The highest BCUT2D eigenvalue weighted by Gasteiger charge is 2.43. The maximum Gasteiger partial charge on any atom is 0.330 e. The van der Waals surface area contributed by atoms with Crippen molar-refractivity contribution in [1.29, 1.82) is 0 Å². The van der Waals surface area contributed by atoms with E-state index in [0.717, 1.165) is 12.8 Å². The molecule has 2 aliphatic rings. The third kappa shape index (κ3) is 4.54. The average molecular weight is 409 g/mol. The third-order valence-electron chi connectivity index (χ3n) is 5.82. The molecule has 1 aromatic rings. The molecule has 1 aliphatic carbocycles. The van der Waals surface area contributed by atoms with Crippen molar-refractivity contribution >= 4 is 29.5 Å². The predicted octanol–water partition coefficient (Wildman–Crippen LogP) is 2.73. The van der Waals surface area contributed by atoms with Gasteiger partial charge in [0.15, 0.2) is 6.61 Å². The molecule has 2 heterocycles. The highest BCUT2D eigenvalue weighted by atomic mass is 32.2. The first-order valence-corrected chi connectivity index (χ1v) is 10.8.